The highest BCUT2D eigenvalue weighted by Crippen LogP contribution is 2.41. The summed E-state index contributed by atoms with van der Waals surface area (Å²) < 4.78 is 19.5. The molecule has 0 N–H and O–H groups in total. The molecule has 0 saturated carbocycles. The molecule has 22 heavy (non-hydrogen) atoms. The highest BCUT2D eigenvalue weighted by molar-refractivity contribution is 7.87. The number of carbonyl (C=O) groups is 1. The average molecular weight is 315 g/mol. The fourth-order valence-electron chi connectivity index (χ4n) is 2.38. The Balaban J connectivity index is 2.14. The first-order chi connectivity index (χ1) is 10.4. The van der Waals surface area contributed by atoms with Crippen molar-refractivity contribution in [2.24, 2.45) is 0 Å². The summed E-state index contributed by atoms with van der Waals surface area (Å²) >= 11 is 0. The van der Waals surface area contributed by atoms with Gasteiger partial charge in [-0.2, -0.15) is 4.31 Å². The standard InChI is InChI=1S/C17H17NO3S/c1-17(2,3)21-16(19)18-14-10-6-4-8-12(14)13-9-5-7-11-15(13)22(18)20/h4-11H,1-3H3. The molecule has 0 aromatic heterocycles. The molecular weight excluding hydrogens is 298 g/mol. The minimum atomic E-state index is -1.62. The average Bonchev–Trinajstić information content (AvgIpc) is 2.46. The molecule has 1 aliphatic heterocycles. The number of hydrogen-bond acceptors (Lipinski definition) is 3. The van der Waals surface area contributed by atoms with Gasteiger partial charge in [0.1, 0.15) is 5.60 Å². The maximum atomic E-state index is 12.8. The maximum Gasteiger partial charge on any atom is 0.427 e. The van der Waals surface area contributed by atoms with Crippen LogP contribution in [-0.2, 0) is 15.7 Å². The van der Waals surface area contributed by atoms with Crippen molar-refractivity contribution < 1.29 is 13.7 Å². The number of para-hydroxylation sites is 1. The third-order valence-electron chi connectivity index (χ3n) is 3.21. The first kappa shape index (κ1) is 14.8. The lowest BCUT2D eigenvalue weighted by atomic mass is 10.0. The molecule has 1 unspecified atom stereocenters. The smallest absolute Gasteiger partial charge is 0.427 e. The second-order valence-electron chi connectivity index (χ2n) is 6.04. The molecule has 1 amide bonds. The lowest BCUT2D eigenvalue weighted by Crippen LogP contribution is -2.39. The Bertz CT molecular complexity index is 764. The van der Waals surface area contributed by atoms with Crippen molar-refractivity contribution in [3.8, 4) is 11.1 Å². The largest absolute Gasteiger partial charge is 0.443 e. The quantitative estimate of drug-likeness (QED) is 0.734. The molecular formula is C17H17NO3S. The molecule has 0 radical (unpaired) electrons. The predicted molar refractivity (Wildman–Crippen MR) is 87.0 cm³/mol. The SMILES string of the molecule is CC(C)(C)OC(=O)N1c2ccccc2-c2ccccc2S1=O. The fourth-order valence-corrected chi connectivity index (χ4v) is 3.65. The van der Waals surface area contributed by atoms with Gasteiger partial charge < -0.3 is 4.74 Å². The summed E-state index contributed by atoms with van der Waals surface area (Å²) in [5.74, 6) is 0. The van der Waals surface area contributed by atoms with Crippen LogP contribution in [0.1, 0.15) is 20.8 Å². The Morgan fingerprint density at radius 1 is 1.00 bits per heavy atom. The number of carbonyl (C=O) groups excluding carboxylic acids is 1. The van der Waals surface area contributed by atoms with Crippen molar-refractivity contribution in [2.75, 3.05) is 4.31 Å². The van der Waals surface area contributed by atoms with Gasteiger partial charge >= 0.3 is 6.09 Å². The van der Waals surface area contributed by atoms with E-state index >= 15 is 0 Å². The van der Waals surface area contributed by atoms with E-state index in [1.165, 1.54) is 4.31 Å². The van der Waals surface area contributed by atoms with E-state index in [1.54, 1.807) is 32.9 Å². The Morgan fingerprint density at radius 2 is 1.59 bits per heavy atom. The lowest BCUT2D eigenvalue weighted by molar-refractivity contribution is 0.0610. The Morgan fingerprint density at radius 3 is 2.27 bits per heavy atom. The van der Waals surface area contributed by atoms with Crippen LogP contribution in [0.3, 0.4) is 0 Å². The number of benzene rings is 2. The number of hydrogen-bond donors (Lipinski definition) is 0. The number of fused-ring (bicyclic) bond motifs is 3. The summed E-state index contributed by atoms with van der Waals surface area (Å²) in [7, 11) is -1.62. The molecule has 1 heterocycles. The van der Waals surface area contributed by atoms with Gasteiger partial charge in [0, 0.05) is 11.1 Å². The van der Waals surface area contributed by atoms with Crippen LogP contribution in [-0.4, -0.2) is 15.9 Å². The Kier molecular flexibility index (Phi) is 3.53. The van der Waals surface area contributed by atoms with E-state index in [9.17, 15) is 9.00 Å². The molecule has 0 bridgehead atoms. The van der Waals surface area contributed by atoms with E-state index in [0.29, 0.717) is 10.6 Å². The summed E-state index contributed by atoms with van der Waals surface area (Å²) in [4.78, 5) is 13.1. The van der Waals surface area contributed by atoms with Gasteiger partial charge in [0.05, 0.1) is 10.6 Å². The minimum Gasteiger partial charge on any atom is -0.443 e. The van der Waals surface area contributed by atoms with Crippen LogP contribution in [0, 0.1) is 0 Å². The first-order valence-corrected chi connectivity index (χ1v) is 8.12. The molecule has 1 aliphatic rings. The minimum absolute atomic E-state index is 0.604. The van der Waals surface area contributed by atoms with Crippen molar-refractivity contribution in [3.63, 3.8) is 0 Å². The van der Waals surface area contributed by atoms with Crippen molar-refractivity contribution in [1.29, 1.82) is 0 Å². The highest BCUT2D eigenvalue weighted by Gasteiger charge is 2.35. The molecule has 0 aliphatic carbocycles. The number of nitrogens with zero attached hydrogens (tertiary/aromatic N) is 1. The van der Waals surface area contributed by atoms with Gasteiger partial charge in [-0.25, -0.2) is 9.00 Å². The molecule has 114 valence electrons. The zero-order chi connectivity index (χ0) is 15.9. The fraction of sp³-hybridized carbons (Fsp3) is 0.235. The number of rotatable bonds is 0. The topological polar surface area (TPSA) is 46.6 Å². The lowest BCUT2D eigenvalue weighted by Gasteiger charge is -2.31. The monoisotopic (exact) mass is 315 g/mol. The van der Waals surface area contributed by atoms with Gasteiger partial charge in [0.2, 0.25) is 0 Å². The number of anilines is 1. The zero-order valence-electron chi connectivity index (χ0n) is 12.7. The van der Waals surface area contributed by atoms with E-state index in [4.69, 9.17) is 4.74 Å². The van der Waals surface area contributed by atoms with Crippen LogP contribution in [0.15, 0.2) is 53.4 Å². The maximum absolute atomic E-state index is 12.8. The van der Waals surface area contributed by atoms with Crippen LogP contribution in [0.2, 0.25) is 0 Å². The molecule has 5 heteroatoms. The van der Waals surface area contributed by atoms with Crippen LogP contribution in [0.5, 0.6) is 0 Å². The van der Waals surface area contributed by atoms with E-state index in [1.807, 2.05) is 36.4 Å². The first-order valence-electron chi connectivity index (χ1n) is 7.02. The Labute approximate surface area is 132 Å². The summed E-state index contributed by atoms with van der Waals surface area (Å²) in [6, 6.07) is 14.8. The summed E-state index contributed by atoms with van der Waals surface area (Å²) in [6.45, 7) is 5.37. The van der Waals surface area contributed by atoms with Crippen LogP contribution >= 0.6 is 0 Å². The molecule has 2 aromatic carbocycles. The molecule has 1 atom stereocenters. The van der Waals surface area contributed by atoms with Gasteiger partial charge in [-0.1, -0.05) is 36.4 Å². The zero-order valence-corrected chi connectivity index (χ0v) is 13.5. The summed E-state index contributed by atoms with van der Waals surface area (Å²) in [5.41, 5.74) is 1.72. The molecule has 0 fully saturated rings. The van der Waals surface area contributed by atoms with E-state index in [0.717, 1.165) is 11.1 Å². The molecule has 2 aromatic rings. The molecule has 0 spiro atoms. The van der Waals surface area contributed by atoms with Crippen molar-refractivity contribution >= 4 is 22.8 Å². The van der Waals surface area contributed by atoms with Crippen molar-refractivity contribution in [1.82, 2.24) is 0 Å². The normalized spacial score (nSPS) is 16.7. The van der Waals surface area contributed by atoms with Crippen molar-refractivity contribution in [3.05, 3.63) is 48.5 Å². The van der Waals surface area contributed by atoms with Gasteiger partial charge in [0.15, 0.2) is 11.0 Å². The highest BCUT2D eigenvalue weighted by atomic mass is 32.2. The third kappa shape index (κ3) is 2.52. The number of amides is 1. The summed E-state index contributed by atoms with van der Waals surface area (Å²) in [6.07, 6.45) is -0.604. The molecule has 0 saturated heterocycles. The predicted octanol–water partition coefficient (Wildman–Crippen LogP) is 4.13. The Hall–Kier alpha value is -2.14. The van der Waals surface area contributed by atoms with Crippen LogP contribution < -0.4 is 4.31 Å². The van der Waals surface area contributed by atoms with Gasteiger partial charge in [-0.3, -0.25) is 0 Å². The molecule has 3 rings (SSSR count). The second kappa shape index (κ2) is 5.25. The summed E-state index contributed by atoms with van der Waals surface area (Å²) in [5, 5.41) is 0. The van der Waals surface area contributed by atoms with E-state index in [2.05, 4.69) is 0 Å². The van der Waals surface area contributed by atoms with E-state index in [-0.39, 0.29) is 0 Å². The van der Waals surface area contributed by atoms with Gasteiger partial charge in [0.25, 0.3) is 0 Å². The van der Waals surface area contributed by atoms with Gasteiger partial charge in [-0.15, -0.1) is 0 Å². The van der Waals surface area contributed by atoms with Crippen LogP contribution in [0.25, 0.3) is 11.1 Å². The number of ether oxygens (including phenoxy) is 1. The van der Waals surface area contributed by atoms with Crippen LogP contribution in [0.4, 0.5) is 10.5 Å². The molecule has 4 nitrogen and oxygen atoms in total. The van der Waals surface area contributed by atoms with Crippen molar-refractivity contribution in [2.45, 2.75) is 31.3 Å². The second-order valence-corrected chi connectivity index (χ2v) is 7.34. The van der Waals surface area contributed by atoms with E-state index < -0.39 is 22.7 Å². The van der Waals surface area contributed by atoms with Gasteiger partial charge in [-0.05, 0) is 32.9 Å². The third-order valence-corrected chi connectivity index (χ3v) is 4.62.